The van der Waals surface area contributed by atoms with Gasteiger partial charge in [-0.05, 0) is 54.6 Å². The van der Waals surface area contributed by atoms with E-state index in [4.69, 9.17) is 0 Å². The number of aromatic amines is 2. The van der Waals surface area contributed by atoms with Gasteiger partial charge in [-0.25, -0.2) is 13.8 Å². The minimum atomic E-state index is -0.450. The van der Waals surface area contributed by atoms with E-state index < -0.39 is 5.82 Å². The quantitative estimate of drug-likeness (QED) is 0.433. The smallest absolute Gasteiger partial charge is 0.153 e. The van der Waals surface area contributed by atoms with Crippen molar-refractivity contribution in [2.24, 2.45) is 0 Å². The van der Waals surface area contributed by atoms with Gasteiger partial charge in [0.1, 0.15) is 5.52 Å². The summed E-state index contributed by atoms with van der Waals surface area (Å²) in [7, 11) is 0. The first-order chi connectivity index (χ1) is 16.2. The highest BCUT2D eigenvalue weighted by molar-refractivity contribution is 5.85. The molecule has 0 aliphatic carbocycles. The summed E-state index contributed by atoms with van der Waals surface area (Å²) >= 11 is 0. The second kappa shape index (κ2) is 6.57. The largest absolute Gasteiger partial charge is 0.278 e. The molecule has 9 nitrogen and oxygen atoms in total. The molecule has 0 saturated heterocycles. The molecule has 0 aliphatic rings. The summed E-state index contributed by atoms with van der Waals surface area (Å²) < 4.78 is 18.5. The lowest BCUT2D eigenvalue weighted by atomic mass is 10.1. The standard InChI is InChI=1S/C23H14FN9/c24-18-8-14(21-5-6-27-32(21)16-3-4-19-15(7-16)12-26-28-19)9-22-23(18)30-31-33(22)17-2-1-13-11-25-29-20(13)10-17/h1-12H,(H,25,29)(H,26,28). The van der Waals surface area contributed by atoms with Crippen LogP contribution in [0.25, 0.3) is 55.5 Å². The zero-order valence-corrected chi connectivity index (χ0v) is 16.9. The van der Waals surface area contributed by atoms with E-state index in [0.717, 1.165) is 38.9 Å². The van der Waals surface area contributed by atoms with Gasteiger partial charge < -0.3 is 0 Å². The van der Waals surface area contributed by atoms with Gasteiger partial charge in [0.2, 0.25) is 0 Å². The Labute approximate surface area is 184 Å². The molecule has 7 rings (SSSR count). The maximum atomic E-state index is 15.1. The first-order valence-corrected chi connectivity index (χ1v) is 10.2. The summed E-state index contributed by atoms with van der Waals surface area (Å²) in [6.07, 6.45) is 5.20. The number of H-pyrrole nitrogens is 2. The van der Waals surface area contributed by atoms with Crippen LogP contribution in [0.3, 0.4) is 0 Å². The molecule has 7 aromatic rings. The average Bonchev–Trinajstić information content (AvgIpc) is 3.63. The molecule has 33 heavy (non-hydrogen) atoms. The van der Waals surface area contributed by atoms with Crippen LogP contribution in [-0.2, 0) is 0 Å². The van der Waals surface area contributed by atoms with Gasteiger partial charge in [-0.3, -0.25) is 10.2 Å². The molecular weight excluding hydrogens is 421 g/mol. The van der Waals surface area contributed by atoms with Gasteiger partial charge in [0, 0.05) is 16.3 Å². The van der Waals surface area contributed by atoms with Crippen LogP contribution in [-0.4, -0.2) is 45.2 Å². The minimum absolute atomic E-state index is 0.203. The van der Waals surface area contributed by atoms with E-state index in [1.54, 1.807) is 28.0 Å². The van der Waals surface area contributed by atoms with Gasteiger partial charge in [0.15, 0.2) is 5.82 Å². The zero-order valence-electron chi connectivity index (χ0n) is 16.9. The van der Waals surface area contributed by atoms with E-state index in [9.17, 15) is 0 Å². The number of halogens is 1. The van der Waals surface area contributed by atoms with E-state index in [1.807, 2.05) is 48.5 Å². The lowest BCUT2D eigenvalue weighted by Gasteiger charge is -2.09. The van der Waals surface area contributed by atoms with E-state index in [0.29, 0.717) is 11.1 Å². The number of aromatic nitrogens is 9. The van der Waals surface area contributed by atoms with Crippen molar-refractivity contribution in [2.45, 2.75) is 0 Å². The van der Waals surface area contributed by atoms with Crippen LogP contribution in [0.5, 0.6) is 0 Å². The Kier molecular flexibility index (Phi) is 3.54. The van der Waals surface area contributed by atoms with Crippen LogP contribution in [0.4, 0.5) is 4.39 Å². The summed E-state index contributed by atoms with van der Waals surface area (Å²) in [6, 6.07) is 16.8. The molecule has 0 atom stereocenters. The molecule has 4 heterocycles. The number of fused-ring (bicyclic) bond motifs is 3. The third kappa shape index (κ3) is 2.67. The highest BCUT2D eigenvalue weighted by atomic mass is 19.1. The van der Waals surface area contributed by atoms with Crippen molar-refractivity contribution in [3.05, 3.63) is 79.0 Å². The predicted octanol–water partition coefficient (Wildman–Crippen LogP) is 4.16. The molecule has 2 N–H and O–H groups in total. The van der Waals surface area contributed by atoms with Gasteiger partial charge in [-0.2, -0.15) is 15.3 Å². The van der Waals surface area contributed by atoms with Crippen molar-refractivity contribution in [2.75, 3.05) is 0 Å². The number of hydrogen-bond acceptors (Lipinski definition) is 5. The van der Waals surface area contributed by atoms with Crippen molar-refractivity contribution in [1.82, 2.24) is 45.2 Å². The van der Waals surface area contributed by atoms with Gasteiger partial charge >= 0.3 is 0 Å². The van der Waals surface area contributed by atoms with Crippen LogP contribution >= 0.6 is 0 Å². The van der Waals surface area contributed by atoms with Crippen molar-refractivity contribution in [3.63, 3.8) is 0 Å². The Balaban J connectivity index is 1.40. The number of nitrogens with zero attached hydrogens (tertiary/aromatic N) is 7. The Hall–Kier alpha value is -4.86. The fourth-order valence-corrected chi connectivity index (χ4v) is 4.17. The summed E-state index contributed by atoms with van der Waals surface area (Å²) in [6.45, 7) is 0. The molecule has 0 spiro atoms. The third-order valence-electron chi connectivity index (χ3n) is 5.78. The van der Waals surface area contributed by atoms with Crippen LogP contribution in [0.1, 0.15) is 0 Å². The number of rotatable bonds is 3. The van der Waals surface area contributed by atoms with E-state index in [1.165, 1.54) is 6.07 Å². The molecule has 0 unspecified atom stereocenters. The fraction of sp³-hybridized carbons (Fsp3) is 0. The highest BCUT2D eigenvalue weighted by Gasteiger charge is 2.17. The van der Waals surface area contributed by atoms with Crippen LogP contribution < -0.4 is 0 Å². The van der Waals surface area contributed by atoms with Crippen LogP contribution in [0, 0.1) is 5.82 Å². The molecule has 0 amide bonds. The Morgan fingerprint density at radius 1 is 0.758 bits per heavy atom. The van der Waals surface area contributed by atoms with Gasteiger partial charge in [-0.15, -0.1) is 5.10 Å². The molecule has 0 fully saturated rings. The summed E-state index contributed by atoms with van der Waals surface area (Å²) in [5.41, 5.74) is 5.57. The SMILES string of the molecule is Fc1cc(-c2ccnn2-c2ccc3[nH]ncc3c2)cc2c1nnn2-c1ccc2cn[nH]c2c1. The van der Waals surface area contributed by atoms with Gasteiger partial charge in [0.25, 0.3) is 0 Å². The molecule has 0 saturated carbocycles. The average molecular weight is 435 g/mol. The molecule has 4 aromatic heterocycles. The topological polar surface area (TPSA) is 106 Å². The van der Waals surface area contributed by atoms with Gasteiger partial charge in [-0.1, -0.05) is 5.21 Å². The van der Waals surface area contributed by atoms with Crippen molar-refractivity contribution >= 4 is 32.8 Å². The molecule has 10 heteroatoms. The van der Waals surface area contributed by atoms with Crippen LogP contribution in [0.15, 0.2) is 73.2 Å². The summed E-state index contributed by atoms with van der Waals surface area (Å²) in [5.74, 6) is -0.450. The normalized spacial score (nSPS) is 11.8. The number of hydrogen-bond donors (Lipinski definition) is 2. The van der Waals surface area contributed by atoms with E-state index in [2.05, 4.69) is 35.8 Å². The molecule has 0 aliphatic heterocycles. The Morgan fingerprint density at radius 2 is 1.58 bits per heavy atom. The van der Waals surface area contributed by atoms with Gasteiger partial charge in [0.05, 0.1) is 52.2 Å². The molecule has 0 bridgehead atoms. The number of benzene rings is 3. The molecule has 3 aromatic carbocycles. The van der Waals surface area contributed by atoms with E-state index in [-0.39, 0.29) is 5.52 Å². The Morgan fingerprint density at radius 3 is 2.52 bits per heavy atom. The summed E-state index contributed by atoms with van der Waals surface area (Å²) in [4.78, 5) is 0. The zero-order chi connectivity index (χ0) is 21.9. The first-order valence-electron chi connectivity index (χ1n) is 10.2. The summed E-state index contributed by atoms with van der Waals surface area (Å²) in [5, 5.41) is 28.7. The maximum absolute atomic E-state index is 15.1. The monoisotopic (exact) mass is 435 g/mol. The van der Waals surface area contributed by atoms with Crippen molar-refractivity contribution in [3.8, 4) is 22.6 Å². The molecular formula is C23H14FN9. The highest BCUT2D eigenvalue weighted by Crippen LogP contribution is 2.30. The lowest BCUT2D eigenvalue weighted by molar-refractivity contribution is 0.636. The second-order valence-electron chi connectivity index (χ2n) is 7.74. The first kappa shape index (κ1) is 17.8. The number of nitrogens with one attached hydrogen (secondary N) is 2. The van der Waals surface area contributed by atoms with Crippen LogP contribution in [0.2, 0.25) is 0 Å². The van der Waals surface area contributed by atoms with E-state index >= 15 is 4.39 Å². The minimum Gasteiger partial charge on any atom is -0.278 e. The lowest BCUT2D eigenvalue weighted by Crippen LogP contribution is -2.00. The Bertz CT molecular complexity index is 1800. The second-order valence-corrected chi connectivity index (χ2v) is 7.74. The molecule has 0 radical (unpaired) electrons. The van der Waals surface area contributed by atoms with Crippen molar-refractivity contribution < 1.29 is 4.39 Å². The molecule has 158 valence electrons. The maximum Gasteiger partial charge on any atom is 0.153 e. The third-order valence-corrected chi connectivity index (χ3v) is 5.78. The predicted molar refractivity (Wildman–Crippen MR) is 121 cm³/mol. The fourth-order valence-electron chi connectivity index (χ4n) is 4.17. The van der Waals surface area contributed by atoms with Crippen molar-refractivity contribution in [1.29, 1.82) is 0 Å².